The van der Waals surface area contributed by atoms with Crippen LogP contribution in [0.3, 0.4) is 0 Å². The molecule has 24 rings (SSSR count). The van der Waals surface area contributed by atoms with Crippen molar-refractivity contribution in [2.75, 3.05) is 0 Å². The minimum absolute atomic E-state index is 0.162. The van der Waals surface area contributed by atoms with E-state index < -0.39 is 0 Å². The summed E-state index contributed by atoms with van der Waals surface area (Å²) >= 11 is 0. The average Bonchev–Trinajstić information content (AvgIpc) is 1.56. The van der Waals surface area contributed by atoms with Gasteiger partial charge in [0, 0.05) is 111 Å². The zero-order chi connectivity index (χ0) is 76.3. The monoisotopic (exact) mass is 1470 g/mol. The molecule has 0 saturated carbocycles. The number of hydrogen-bond acceptors (Lipinski definition) is 10. The molecular weight excluding hydrogens is 1400 g/mol. The van der Waals surface area contributed by atoms with Crippen LogP contribution in [0.1, 0.15) is 74.9 Å². The van der Waals surface area contributed by atoms with Crippen LogP contribution >= 0.6 is 0 Å². The molecular formula is C104H71N7O3. The number of fused-ring (bicyclic) bond motifs is 25. The Bertz CT molecular complexity index is 7550. The van der Waals surface area contributed by atoms with Crippen LogP contribution in [-0.2, 0) is 16.2 Å². The van der Waals surface area contributed by atoms with Crippen molar-refractivity contribution < 1.29 is 13.3 Å². The molecule has 0 aliphatic heterocycles. The molecule has 0 spiro atoms. The summed E-state index contributed by atoms with van der Waals surface area (Å²) in [5, 5.41) is 14.2. The molecule has 8 heterocycles. The molecule has 540 valence electrons. The summed E-state index contributed by atoms with van der Waals surface area (Å²) in [5.74, 6) is 0. The maximum Gasteiger partial charge on any atom is 0.140 e. The highest BCUT2D eigenvalue weighted by atomic mass is 16.3. The third-order valence-corrected chi connectivity index (χ3v) is 24.3. The number of para-hydroxylation sites is 3. The van der Waals surface area contributed by atoms with Crippen molar-refractivity contribution >= 4 is 98.1 Å². The van der Waals surface area contributed by atoms with E-state index in [2.05, 4.69) is 281 Å². The first kappa shape index (κ1) is 66.6. The maximum atomic E-state index is 6.47. The average molecular weight is 1470 g/mol. The fourth-order valence-corrected chi connectivity index (χ4v) is 18.8. The summed E-state index contributed by atoms with van der Waals surface area (Å²) < 4.78 is 19.3. The predicted octanol–water partition coefficient (Wildman–Crippen LogP) is 26.9. The molecule has 21 aromatic rings. The minimum Gasteiger partial charge on any atom is -0.456 e. The van der Waals surface area contributed by atoms with Gasteiger partial charge in [0.05, 0.1) is 59.0 Å². The number of aromatic nitrogens is 7. The lowest BCUT2D eigenvalue weighted by molar-refractivity contribution is 0.619. The lowest BCUT2D eigenvalue weighted by Crippen LogP contribution is -2.15. The summed E-state index contributed by atoms with van der Waals surface area (Å²) in [6, 6.07) is 98.1. The van der Waals surface area contributed by atoms with Crippen LogP contribution in [0.25, 0.3) is 199 Å². The summed E-state index contributed by atoms with van der Waals surface area (Å²) in [6.07, 6.45) is 13.0. The van der Waals surface area contributed by atoms with Crippen LogP contribution in [0.2, 0.25) is 0 Å². The van der Waals surface area contributed by atoms with Gasteiger partial charge in [-0.1, -0.05) is 236 Å². The SMILES string of the molecule is CC1(C)c2cc(-c3ccc(-c4nccc5ccccc45)nc3)ccc2-c2ccc3c(oc4ccccc43)c21.CC1(C)c2ccc(-c3cnc(-c4cc5ccccc5c5ccccc45)cn3)cc2-c2ccc3c(oc4ccccc43)c21.CC1(C)c2ccc(-c3cnc(-c4ccccn4)cn3)cc2-c2ccc3c(oc4ccccc43)c21. The van der Waals surface area contributed by atoms with Gasteiger partial charge in [0.1, 0.15) is 39.2 Å². The van der Waals surface area contributed by atoms with Gasteiger partial charge in [-0.25, -0.2) is 0 Å². The van der Waals surface area contributed by atoms with Crippen LogP contribution in [0.4, 0.5) is 0 Å². The molecule has 3 aliphatic carbocycles. The van der Waals surface area contributed by atoms with Gasteiger partial charge in [0.15, 0.2) is 0 Å². The largest absolute Gasteiger partial charge is 0.456 e. The Balaban J connectivity index is 0.000000105. The van der Waals surface area contributed by atoms with Gasteiger partial charge in [-0.05, 0) is 167 Å². The summed E-state index contributed by atoms with van der Waals surface area (Å²) in [4.78, 5) is 33.0. The normalized spacial score (nSPS) is 13.7. The predicted molar refractivity (Wildman–Crippen MR) is 464 cm³/mol. The van der Waals surface area contributed by atoms with Crippen molar-refractivity contribution in [1.29, 1.82) is 0 Å². The van der Waals surface area contributed by atoms with Gasteiger partial charge in [-0.15, -0.1) is 0 Å². The molecule has 114 heavy (non-hydrogen) atoms. The summed E-state index contributed by atoms with van der Waals surface area (Å²) in [6.45, 7) is 13.8. The zero-order valence-corrected chi connectivity index (χ0v) is 63.5. The number of hydrogen-bond donors (Lipinski definition) is 0. The first-order valence-electron chi connectivity index (χ1n) is 38.8. The lowest BCUT2D eigenvalue weighted by Gasteiger charge is -2.22. The molecule has 10 heteroatoms. The van der Waals surface area contributed by atoms with Crippen molar-refractivity contribution in [1.82, 2.24) is 34.9 Å². The fraction of sp³-hybridized carbons (Fsp3) is 0.0865. The number of pyridine rings is 3. The second kappa shape index (κ2) is 25.3. The number of benzene rings is 13. The van der Waals surface area contributed by atoms with Gasteiger partial charge >= 0.3 is 0 Å². The van der Waals surface area contributed by atoms with Crippen LogP contribution in [-0.4, -0.2) is 34.9 Å². The third-order valence-electron chi connectivity index (χ3n) is 24.3. The minimum atomic E-state index is -0.186. The molecule has 0 saturated heterocycles. The van der Waals surface area contributed by atoms with Crippen LogP contribution < -0.4 is 0 Å². The number of rotatable bonds is 6. The van der Waals surface area contributed by atoms with Crippen LogP contribution in [0.5, 0.6) is 0 Å². The van der Waals surface area contributed by atoms with Crippen molar-refractivity contribution in [3.63, 3.8) is 0 Å². The van der Waals surface area contributed by atoms with E-state index in [1.165, 1.54) is 115 Å². The fourth-order valence-electron chi connectivity index (χ4n) is 18.8. The Hall–Kier alpha value is -14.4. The molecule has 0 bridgehead atoms. The Labute approximate surface area is 656 Å². The van der Waals surface area contributed by atoms with E-state index in [-0.39, 0.29) is 16.2 Å². The molecule has 0 atom stereocenters. The highest BCUT2D eigenvalue weighted by Crippen LogP contribution is 2.57. The molecule has 0 N–H and O–H groups in total. The first-order chi connectivity index (χ1) is 55.8. The molecule has 0 amide bonds. The molecule has 10 nitrogen and oxygen atoms in total. The van der Waals surface area contributed by atoms with E-state index >= 15 is 0 Å². The number of furan rings is 3. The van der Waals surface area contributed by atoms with Crippen molar-refractivity contribution in [3.8, 4) is 101 Å². The zero-order valence-electron chi connectivity index (χ0n) is 63.5. The van der Waals surface area contributed by atoms with Gasteiger partial charge in [-0.3, -0.25) is 34.9 Å². The van der Waals surface area contributed by atoms with E-state index in [9.17, 15) is 0 Å². The quantitative estimate of drug-likeness (QED) is 0.148. The molecule has 0 radical (unpaired) electrons. The van der Waals surface area contributed by atoms with Crippen molar-refractivity contribution in [2.45, 2.75) is 57.8 Å². The Morgan fingerprint density at radius 3 is 1.19 bits per heavy atom. The molecule has 8 aromatic heterocycles. The Morgan fingerprint density at radius 1 is 0.219 bits per heavy atom. The lowest BCUT2D eigenvalue weighted by atomic mass is 9.81. The molecule has 13 aromatic carbocycles. The van der Waals surface area contributed by atoms with E-state index in [4.69, 9.17) is 33.2 Å². The van der Waals surface area contributed by atoms with Crippen LogP contribution in [0.15, 0.2) is 336 Å². The Morgan fingerprint density at radius 2 is 0.658 bits per heavy atom. The van der Waals surface area contributed by atoms with E-state index in [0.29, 0.717) is 0 Å². The highest BCUT2D eigenvalue weighted by molar-refractivity contribution is 6.15. The van der Waals surface area contributed by atoms with Gasteiger partial charge in [0.2, 0.25) is 0 Å². The van der Waals surface area contributed by atoms with E-state index in [1.54, 1.807) is 12.4 Å². The third kappa shape index (κ3) is 10.3. The molecule has 0 unspecified atom stereocenters. The Kier molecular flexibility index (Phi) is 14.8. The van der Waals surface area contributed by atoms with E-state index in [1.807, 2.05) is 85.6 Å². The second-order valence-corrected chi connectivity index (χ2v) is 31.8. The van der Waals surface area contributed by atoms with Crippen molar-refractivity contribution in [3.05, 3.63) is 356 Å². The van der Waals surface area contributed by atoms with E-state index in [0.717, 1.165) is 117 Å². The standard InChI is InChI=1S/C39H26N2O.C35H24N2O.C30H21N3O/c1-39(2)33-18-15-24(20-31(33)29-16-17-30-28-13-7-8-14-36(28)42-38(30)37(29)39)34-21-41-35(22-40-34)32-19-23-9-3-4-10-25(23)26-11-5-6-12-27(26)32;1-35(2)29-19-22(23-12-16-30(37-20-23)33-24-8-4-3-7-21(24)17-18-36-33)11-13-25(29)27-14-15-28-26-9-5-6-10-31(26)38-34(28)32(27)35;1-30(2)23-13-10-18(25-16-33-26(17-32-25)24-8-5-6-14-31-24)15-22(23)20-11-12-21-19-7-3-4-9-27(19)34-29(21)28(20)30/h3-22H,1-2H3;3-20H,1-2H3;3-17H,1-2H3. The smallest absolute Gasteiger partial charge is 0.140 e. The summed E-state index contributed by atoms with van der Waals surface area (Å²) in [7, 11) is 0. The van der Waals surface area contributed by atoms with Gasteiger partial charge in [-0.2, -0.15) is 0 Å². The molecule has 0 fully saturated rings. The second-order valence-electron chi connectivity index (χ2n) is 31.8. The van der Waals surface area contributed by atoms with Gasteiger partial charge in [0.25, 0.3) is 0 Å². The summed E-state index contributed by atoms with van der Waals surface area (Å²) in [5.41, 5.74) is 31.9. The topological polar surface area (TPSA) is 130 Å². The van der Waals surface area contributed by atoms with Crippen LogP contribution in [0, 0.1) is 0 Å². The highest BCUT2D eigenvalue weighted by Gasteiger charge is 2.42. The molecule has 3 aliphatic rings. The maximum absolute atomic E-state index is 6.47. The van der Waals surface area contributed by atoms with Crippen molar-refractivity contribution in [2.24, 2.45) is 0 Å². The number of nitrogens with zero attached hydrogens (tertiary/aromatic N) is 7. The van der Waals surface area contributed by atoms with Gasteiger partial charge < -0.3 is 13.3 Å². The first-order valence-corrected chi connectivity index (χ1v) is 38.8.